The molecule has 23 heavy (non-hydrogen) atoms. The van der Waals surface area contributed by atoms with Crippen LogP contribution >= 0.6 is 11.3 Å². The Morgan fingerprint density at radius 1 is 1.52 bits per heavy atom. The van der Waals surface area contributed by atoms with Crippen molar-refractivity contribution in [3.05, 3.63) is 16.1 Å². The maximum atomic E-state index is 11.6. The number of hydrogen-bond acceptors (Lipinski definition) is 5. The molecule has 128 valence electrons. The molecule has 2 rings (SSSR count). The summed E-state index contributed by atoms with van der Waals surface area (Å²) in [4.78, 5) is 24.2. The Hall–Kier alpha value is -1.63. The van der Waals surface area contributed by atoms with Crippen LogP contribution in [0.25, 0.3) is 0 Å². The highest BCUT2D eigenvalue weighted by Crippen LogP contribution is 2.18. The Balaban J connectivity index is 1.88. The van der Waals surface area contributed by atoms with Gasteiger partial charge >= 0.3 is 5.97 Å². The fourth-order valence-electron chi connectivity index (χ4n) is 2.69. The lowest BCUT2D eigenvalue weighted by molar-refractivity contribution is -0.146. The van der Waals surface area contributed by atoms with Gasteiger partial charge in [0.1, 0.15) is 0 Å². The number of ether oxygens (including phenoxy) is 1. The molecule has 1 aromatic rings. The van der Waals surface area contributed by atoms with E-state index < -0.39 is 0 Å². The van der Waals surface area contributed by atoms with Crippen molar-refractivity contribution in [2.24, 2.45) is 10.9 Å². The number of guanidine groups is 1. The van der Waals surface area contributed by atoms with Crippen LogP contribution in [0.5, 0.6) is 0 Å². The highest BCUT2D eigenvalue weighted by atomic mass is 32.1. The Morgan fingerprint density at radius 2 is 2.26 bits per heavy atom. The van der Waals surface area contributed by atoms with E-state index in [9.17, 15) is 4.79 Å². The number of nitrogens with one attached hydrogen (secondary N) is 1. The van der Waals surface area contributed by atoms with Crippen molar-refractivity contribution in [3.63, 3.8) is 0 Å². The summed E-state index contributed by atoms with van der Waals surface area (Å²) >= 11 is 1.73. The number of rotatable bonds is 5. The number of piperidine rings is 1. The molecule has 0 aliphatic carbocycles. The smallest absolute Gasteiger partial charge is 0.308 e. The van der Waals surface area contributed by atoms with Gasteiger partial charge in [0.2, 0.25) is 0 Å². The van der Waals surface area contributed by atoms with Crippen molar-refractivity contribution < 1.29 is 9.53 Å². The quantitative estimate of drug-likeness (QED) is 0.504. The normalized spacial score (nSPS) is 16.5. The number of aromatic nitrogens is 1. The van der Waals surface area contributed by atoms with Crippen LogP contribution in [0.15, 0.2) is 11.2 Å². The second-order valence-corrected chi connectivity index (χ2v) is 6.95. The molecule has 0 amide bonds. The Kier molecular flexibility index (Phi) is 6.83. The SMILES string of the molecule is CCNC(=NCCc1ncc(C)s1)N1CCC(C(=O)OC)CC1. The fraction of sp³-hybridized carbons (Fsp3) is 0.688. The predicted octanol–water partition coefficient (Wildman–Crippen LogP) is 1.84. The average Bonchev–Trinajstić information content (AvgIpc) is 2.99. The third-order valence-corrected chi connectivity index (χ3v) is 4.89. The van der Waals surface area contributed by atoms with E-state index in [1.807, 2.05) is 6.20 Å². The lowest BCUT2D eigenvalue weighted by Crippen LogP contribution is -2.46. The van der Waals surface area contributed by atoms with E-state index in [-0.39, 0.29) is 11.9 Å². The van der Waals surface area contributed by atoms with E-state index in [4.69, 9.17) is 9.73 Å². The summed E-state index contributed by atoms with van der Waals surface area (Å²) < 4.78 is 4.84. The van der Waals surface area contributed by atoms with Crippen LogP contribution < -0.4 is 5.32 Å². The summed E-state index contributed by atoms with van der Waals surface area (Å²) in [6.07, 6.45) is 4.42. The van der Waals surface area contributed by atoms with Crippen molar-refractivity contribution in [2.45, 2.75) is 33.1 Å². The zero-order valence-corrected chi connectivity index (χ0v) is 15.0. The van der Waals surface area contributed by atoms with Gasteiger partial charge in [-0.3, -0.25) is 9.79 Å². The standard InChI is InChI=1S/C16H26N4O2S/c1-4-17-16(18-8-5-14-19-11-12(2)23-14)20-9-6-13(7-10-20)15(21)22-3/h11,13H,4-10H2,1-3H3,(H,17,18). The van der Waals surface area contributed by atoms with Gasteiger partial charge in [-0.25, -0.2) is 4.98 Å². The van der Waals surface area contributed by atoms with Gasteiger partial charge < -0.3 is 15.0 Å². The van der Waals surface area contributed by atoms with Crippen molar-refractivity contribution in [1.82, 2.24) is 15.2 Å². The molecular weight excluding hydrogens is 312 g/mol. The number of likely N-dealkylation sites (tertiary alicyclic amines) is 1. The molecule has 0 spiro atoms. The zero-order valence-electron chi connectivity index (χ0n) is 14.2. The highest BCUT2D eigenvalue weighted by Gasteiger charge is 2.26. The molecule has 1 aliphatic rings. The number of thiazole rings is 1. The van der Waals surface area contributed by atoms with Gasteiger partial charge in [0.15, 0.2) is 5.96 Å². The lowest BCUT2D eigenvalue weighted by atomic mass is 9.97. The van der Waals surface area contributed by atoms with E-state index >= 15 is 0 Å². The summed E-state index contributed by atoms with van der Waals surface area (Å²) in [5.41, 5.74) is 0. The maximum Gasteiger partial charge on any atom is 0.308 e. The van der Waals surface area contributed by atoms with Crippen molar-refractivity contribution in [2.75, 3.05) is 33.3 Å². The molecular formula is C16H26N4O2S. The molecule has 1 aromatic heterocycles. The first-order chi connectivity index (χ1) is 11.1. The monoisotopic (exact) mass is 338 g/mol. The second-order valence-electron chi connectivity index (χ2n) is 5.63. The van der Waals surface area contributed by atoms with Crippen molar-refractivity contribution in [1.29, 1.82) is 0 Å². The minimum absolute atomic E-state index is 0.0254. The number of hydrogen-bond donors (Lipinski definition) is 1. The first kappa shape index (κ1) is 17.7. The number of methoxy groups -OCH3 is 1. The molecule has 0 radical (unpaired) electrons. The summed E-state index contributed by atoms with van der Waals surface area (Å²) in [6, 6.07) is 0. The number of aryl methyl sites for hydroxylation is 1. The molecule has 1 saturated heterocycles. The topological polar surface area (TPSA) is 66.8 Å². The zero-order chi connectivity index (χ0) is 16.7. The van der Waals surface area contributed by atoms with Crippen LogP contribution in [0, 0.1) is 12.8 Å². The molecule has 7 heteroatoms. The third kappa shape index (κ3) is 5.20. The molecule has 0 unspecified atom stereocenters. The molecule has 0 saturated carbocycles. The maximum absolute atomic E-state index is 11.6. The van der Waals surface area contributed by atoms with Gasteiger partial charge in [-0.15, -0.1) is 11.3 Å². The van der Waals surface area contributed by atoms with Gasteiger partial charge in [0.25, 0.3) is 0 Å². The molecule has 1 aliphatic heterocycles. The minimum Gasteiger partial charge on any atom is -0.469 e. The Bertz CT molecular complexity index is 536. The Morgan fingerprint density at radius 3 is 2.83 bits per heavy atom. The molecule has 6 nitrogen and oxygen atoms in total. The van der Waals surface area contributed by atoms with Crippen LogP contribution in [0.2, 0.25) is 0 Å². The first-order valence-electron chi connectivity index (χ1n) is 8.16. The van der Waals surface area contributed by atoms with Crippen LogP contribution in [0.4, 0.5) is 0 Å². The van der Waals surface area contributed by atoms with Crippen LogP contribution in [0.3, 0.4) is 0 Å². The van der Waals surface area contributed by atoms with E-state index in [1.54, 1.807) is 11.3 Å². The van der Waals surface area contributed by atoms with Crippen molar-refractivity contribution >= 4 is 23.3 Å². The van der Waals surface area contributed by atoms with E-state index in [0.717, 1.165) is 56.4 Å². The molecule has 0 bridgehead atoms. The summed E-state index contributed by atoms with van der Waals surface area (Å²) in [6.45, 7) is 7.38. The van der Waals surface area contributed by atoms with Gasteiger partial charge in [-0.1, -0.05) is 0 Å². The lowest BCUT2D eigenvalue weighted by Gasteiger charge is -2.33. The van der Waals surface area contributed by atoms with Gasteiger partial charge in [-0.2, -0.15) is 0 Å². The molecule has 2 heterocycles. The average molecular weight is 338 g/mol. The molecule has 1 fully saturated rings. The number of carbonyl (C=O) groups excluding carboxylic acids is 1. The number of esters is 1. The van der Waals surface area contributed by atoms with Crippen molar-refractivity contribution in [3.8, 4) is 0 Å². The molecule has 0 aromatic carbocycles. The first-order valence-corrected chi connectivity index (χ1v) is 8.98. The van der Waals surface area contributed by atoms with E-state index in [1.165, 1.54) is 12.0 Å². The Labute approximate surface area is 142 Å². The second kappa shape index (κ2) is 8.86. The molecule has 1 N–H and O–H groups in total. The van der Waals surface area contributed by atoms with E-state index in [2.05, 4.69) is 29.0 Å². The van der Waals surface area contributed by atoms with Gasteiger partial charge in [0.05, 0.1) is 18.0 Å². The van der Waals surface area contributed by atoms with Crippen LogP contribution in [-0.4, -0.2) is 55.1 Å². The molecule has 0 atom stereocenters. The van der Waals surface area contributed by atoms with Crippen LogP contribution in [-0.2, 0) is 16.0 Å². The summed E-state index contributed by atoms with van der Waals surface area (Å²) in [5.74, 6) is 0.868. The van der Waals surface area contributed by atoms with E-state index in [0.29, 0.717) is 0 Å². The third-order valence-electron chi connectivity index (χ3n) is 3.92. The van der Waals surface area contributed by atoms with Crippen LogP contribution in [0.1, 0.15) is 29.7 Å². The summed E-state index contributed by atoms with van der Waals surface area (Å²) in [7, 11) is 1.46. The summed E-state index contributed by atoms with van der Waals surface area (Å²) in [5, 5.41) is 4.48. The number of carbonyl (C=O) groups is 1. The minimum atomic E-state index is -0.0919. The predicted molar refractivity (Wildman–Crippen MR) is 92.8 cm³/mol. The number of nitrogens with zero attached hydrogens (tertiary/aromatic N) is 3. The van der Waals surface area contributed by atoms with Gasteiger partial charge in [-0.05, 0) is 26.7 Å². The largest absolute Gasteiger partial charge is 0.469 e. The van der Waals surface area contributed by atoms with Gasteiger partial charge in [0, 0.05) is 43.7 Å². The fourth-order valence-corrected chi connectivity index (χ4v) is 3.47. The number of aliphatic imine (C=N–C) groups is 1. The highest BCUT2D eigenvalue weighted by molar-refractivity contribution is 7.11.